The van der Waals surface area contributed by atoms with E-state index in [0.717, 1.165) is 24.1 Å². The van der Waals surface area contributed by atoms with Crippen LogP contribution in [-0.2, 0) is 10.0 Å². The van der Waals surface area contributed by atoms with Crippen molar-refractivity contribution in [2.24, 2.45) is 0 Å². The van der Waals surface area contributed by atoms with E-state index in [0.29, 0.717) is 11.4 Å². The number of nitrogens with one attached hydrogen (secondary N) is 2. The molecule has 0 aromatic carbocycles. The molecule has 0 spiro atoms. The fourth-order valence-corrected chi connectivity index (χ4v) is 2.76. The van der Waals surface area contributed by atoms with Gasteiger partial charge in [0.05, 0.1) is 6.26 Å². The SMILES string of the molecule is C[C@@H](NCCCNS(C)(=O)=O)c1ccc(C#N)s1. The third-order valence-electron chi connectivity index (χ3n) is 2.33. The van der Waals surface area contributed by atoms with Gasteiger partial charge in [-0.25, -0.2) is 13.1 Å². The van der Waals surface area contributed by atoms with Crippen LogP contribution in [0.4, 0.5) is 0 Å². The van der Waals surface area contributed by atoms with Crippen LogP contribution in [0.1, 0.15) is 29.1 Å². The quantitative estimate of drug-likeness (QED) is 0.739. The maximum absolute atomic E-state index is 10.8. The van der Waals surface area contributed by atoms with Gasteiger partial charge in [-0.05, 0) is 32.0 Å². The number of hydrogen-bond acceptors (Lipinski definition) is 5. The number of hydrogen-bond donors (Lipinski definition) is 2. The Morgan fingerprint density at radius 1 is 1.44 bits per heavy atom. The highest BCUT2D eigenvalue weighted by molar-refractivity contribution is 7.88. The second-order valence-corrected chi connectivity index (χ2v) is 6.96. The van der Waals surface area contributed by atoms with Crippen molar-refractivity contribution >= 4 is 21.4 Å². The summed E-state index contributed by atoms with van der Waals surface area (Å²) < 4.78 is 24.1. The topological polar surface area (TPSA) is 82.0 Å². The van der Waals surface area contributed by atoms with Crippen LogP contribution in [0.2, 0.25) is 0 Å². The molecule has 0 fully saturated rings. The van der Waals surface area contributed by atoms with Crippen LogP contribution in [0.15, 0.2) is 12.1 Å². The third kappa shape index (κ3) is 5.60. The van der Waals surface area contributed by atoms with E-state index in [4.69, 9.17) is 5.26 Å². The number of nitrogens with zero attached hydrogens (tertiary/aromatic N) is 1. The van der Waals surface area contributed by atoms with E-state index >= 15 is 0 Å². The minimum absolute atomic E-state index is 0.176. The standard InChI is InChI=1S/C11H17N3O2S2/c1-9(11-5-4-10(8-12)17-11)13-6-3-7-14-18(2,15)16/h4-5,9,13-14H,3,6-7H2,1-2H3/t9-/m1/s1. The third-order valence-corrected chi connectivity index (χ3v) is 4.23. The lowest BCUT2D eigenvalue weighted by Crippen LogP contribution is -2.27. The van der Waals surface area contributed by atoms with Crippen molar-refractivity contribution in [1.29, 1.82) is 5.26 Å². The summed E-state index contributed by atoms with van der Waals surface area (Å²) in [5.41, 5.74) is 0. The molecule has 0 bridgehead atoms. The molecule has 1 aromatic heterocycles. The molecule has 0 unspecified atom stereocenters. The lowest BCUT2D eigenvalue weighted by Gasteiger charge is -2.11. The van der Waals surface area contributed by atoms with Gasteiger partial charge in [-0.1, -0.05) is 0 Å². The molecule has 0 aliphatic rings. The number of sulfonamides is 1. The summed E-state index contributed by atoms with van der Waals surface area (Å²) in [5.74, 6) is 0. The summed E-state index contributed by atoms with van der Waals surface area (Å²) in [6, 6.07) is 6.03. The Morgan fingerprint density at radius 2 is 2.17 bits per heavy atom. The maximum atomic E-state index is 10.8. The molecule has 7 heteroatoms. The number of rotatable bonds is 7. The molecule has 1 atom stereocenters. The smallest absolute Gasteiger partial charge is 0.208 e. The maximum Gasteiger partial charge on any atom is 0.208 e. The van der Waals surface area contributed by atoms with E-state index in [1.54, 1.807) is 0 Å². The van der Waals surface area contributed by atoms with Crippen molar-refractivity contribution in [2.75, 3.05) is 19.3 Å². The highest BCUT2D eigenvalue weighted by Crippen LogP contribution is 2.22. The molecular weight excluding hydrogens is 270 g/mol. The normalized spacial score (nSPS) is 13.2. The van der Waals surface area contributed by atoms with Gasteiger partial charge in [-0.2, -0.15) is 5.26 Å². The zero-order chi connectivity index (χ0) is 13.6. The van der Waals surface area contributed by atoms with Crippen LogP contribution < -0.4 is 10.0 Å². The summed E-state index contributed by atoms with van der Waals surface area (Å²) in [7, 11) is -3.09. The number of thiophene rings is 1. The van der Waals surface area contributed by atoms with Crippen molar-refractivity contribution < 1.29 is 8.42 Å². The van der Waals surface area contributed by atoms with Gasteiger partial charge < -0.3 is 5.32 Å². The Kier molecular flexibility index (Phi) is 5.75. The summed E-state index contributed by atoms with van der Waals surface area (Å²) in [5, 5.41) is 12.0. The van der Waals surface area contributed by atoms with E-state index in [2.05, 4.69) is 16.1 Å². The molecular formula is C11H17N3O2S2. The van der Waals surface area contributed by atoms with Crippen LogP contribution in [-0.4, -0.2) is 27.8 Å². The van der Waals surface area contributed by atoms with Gasteiger partial charge in [0.1, 0.15) is 10.9 Å². The average molecular weight is 287 g/mol. The van der Waals surface area contributed by atoms with Crippen LogP contribution in [0.25, 0.3) is 0 Å². The molecule has 0 aliphatic heterocycles. The molecule has 100 valence electrons. The molecule has 0 radical (unpaired) electrons. The highest BCUT2D eigenvalue weighted by Gasteiger charge is 2.07. The van der Waals surface area contributed by atoms with Crippen LogP contribution in [0.3, 0.4) is 0 Å². The molecule has 5 nitrogen and oxygen atoms in total. The van der Waals surface area contributed by atoms with Crippen LogP contribution in [0, 0.1) is 11.3 Å². The van der Waals surface area contributed by atoms with E-state index in [9.17, 15) is 8.42 Å². The molecule has 2 N–H and O–H groups in total. The first-order valence-corrected chi connectivity index (χ1v) is 8.31. The fraction of sp³-hybridized carbons (Fsp3) is 0.545. The summed E-state index contributed by atoms with van der Waals surface area (Å²) in [6.45, 7) is 3.19. The Morgan fingerprint density at radius 3 is 2.72 bits per heavy atom. The van der Waals surface area contributed by atoms with Gasteiger partial charge in [-0.15, -0.1) is 11.3 Å². The Bertz CT molecular complexity index is 517. The second-order valence-electron chi connectivity index (χ2n) is 4.01. The molecule has 0 amide bonds. The van der Waals surface area contributed by atoms with Gasteiger partial charge in [0.2, 0.25) is 10.0 Å². The van der Waals surface area contributed by atoms with E-state index in [1.807, 2.05) is 19.1 Å². The van der Waals surface area contributed by atoms with Crippen molar-refractivity contribution in [1.82, 2.24) is 10.0 Å². The van der Waals surface area contributed by atoms with Crippen LogP contribution >= 0.6 is 11.3 Å². The number of nitriles is 1. The summed E-state index contributed by atoms with van der Waals surface area (Å²) >= 11 is 1.47. The van der Waals surface area contributed by atoms with Crippen molar-refractivity contribution in [3.8, 4) is 6.07 Å². The Balaban J connectivity index is 2.25. The van der Waals surface area contributed by atoms with Gasteiger partial charge in [0.15, 0.2) is 0 Å². The predicted molar refractivity (Wildman–Crippen MR) is 72.9 cm³/mol. The first kappa shape index (κ1) is 15.1. The first-order valence-electron chi connectivity index (χ1n) is 5.60. The van der Waals surface area contributed by atoms with E-state index < -0.39 is 10.0 Å². The zero-order valence-electron chi connectivity index (χ0n) is 10.4. The van der Waals surface area contributed by atoms with Gasteiger partial charge in [0, 0.05) is 17.5 Å². The first-order chi connectivity index (χ1) is 8.42. The highest BCUT2D eigenvalue weighted by atomic mass is 32.2. The summed E-state index contributed by atoms with van der Waals surface area (Å²) in [6.07, 6.45) is 1.88. The van der Waals surface area contributed by atoms with Gasteiger partial charge in [0.25, 0.3) is 0 Å². The van der Waals surface area contributed by atoms with Crippen LogP contribution in [0.5, 0.6) is 0 Å². The molecule has 1 heterocycles. The molecule has 1 aromatic rings. The molecule has 0 aliphatic carbocycles. The largest absolute Gasteiger partial charge is 0.309 e. The molecule has 1 rings (SSSR count). The fourth-order valence-electron chi connectivity index (χ4n) is 1.41. The van der Waals surface area contributed by atoms with E-state index in [1.165, 1.54) is 11.3 Å². The van der Waals surface area contributed by atoms with Crippen molar-refractivity contribution in [3.63, 3.8) is 0 Å². The lowest BCUT2D eigenvalue weighted by atomic mass is 10.2. The second kappa shape index (κ2) is 6.85. The molecule has 0 saturated heterocycles. The Labute approximate surface area is 112 Å². The zero-order valence-corrected chi connectivity index (χ0v) is 12.1. The monoisotopic (exact) mass is 287 g/mol. The van der Waals surface area contributed by atoms with E-state index in [-0.39, 0.29) is 6.04 Å². The van der Waals surface area contributed by atoms with Crippen molar-refractivity contribution in [2.45, 2.75) is 19.4 Å². The minimum Gasteiger partial charge on any atom is -0.309 e. The molecule has 18 heavy (non-hydrogen) atoms. The molecule has 0 saturated carbocycles. The van der Waals surface area contributed by atoms with Gasteiger partial charge in [-0.3, -0.25) is 0 Å². The van der Waals surface area contributed by atoms with Gasteiger partial charge >= 0.3 is 0 Å². The average Bonchev–Trinajstić information content (AvgIpc) is 2.75. The Hall–Kier alpha value is -0.940. The lowest BCUT2D eigenvalue weighted by molar-refractivity contribution is 0.553. The minimum atomic E-state index is -3.09. The van der Waals surface area contributed by atoms with Crippen molar-refractivity contribution in [3.05, 3.63) is 21.9 Å². The predicted octanol–water partition coefficient (Wildman–Crippen LogP) is 1.21. The summed E-state index contributed by atoms with van der Waals surface area (Å²) in [4.78, 5) is 1.82.